The van der Waals surface area contributed by atoms with Gasteiger partial charge in [0, 0.05) is 15.7 Å². The van der Waals surface area contributed by atoms with Crippen molar-refractivity contribution in [3.05, 3.63) is 51.5 Å². The van der Waals surface area contributed by atoms with Crippen molar-refractivity contribution in [3.8, 4) is 11.5 Å². The molecule has 146 valence electrons. The molecule has 0 saturated carbocycles. The molecule has 0 atom stereocenters. The van der Waals surface area contributed by atoms with E-state index in [1.54, 1.807) is 30.0 Å². The van der Waals surface area contributed by atoms with Gasteiger partial charge in [0.2, 0.25) is 0 Å². The molecule has 2 aromatic rings. The van der Waals surface area contributed by atoms with Crippen LogP contribution in [0.25, 0.3) is 0 Å². The van der Waals surface area contributed by atoms with Crippen LogP contribution in [0, 0.1) is 20.8 Å². The Morgan fingerprint density at radius 1 is 1.19 bits per heavy atom. The lowest BCUT2D eigenvalue weighted by Gasteiger charge is -2.22. The summed E-state index contributed by atoms with van der Waals surface area (Å²) in [4.78, 5) is 12.4. The Labute approximate surface area is 169 Å². The largest absolute Gasteiger partial charge is 0.507 e. The van der Waals surface area contributed by atoms with Gasteiger partial charge < -0.3 is 14.9 Å². The number of benzene rings is 2. The van der Waals surface area contributed by atoms with E-state index in [0.29, 0.717) is 22.9 Å². The third-order valence-electron chi connectivity index (χ3n) is 4.54. The average Bonchev–Trinajstić information content (AvgIpc) is 2.59. The second-order valence-corrected chi connectivity index (χ2v) is 8.60. The van der Waals surface area contributed by atoms with Crippen molar-refractivity contribution in [2.24, 2.45) is 0 Å². The maximum absolute atomic E-state index is 11.2. The maximum atomic E-state index is 11.2. The van der Waals surface area contributed by atoms with E-state index in [0.717, 1.165) is 32.9 Å². The number of aryl methyl sites for hydroxylation is 2. The molecule has 0 fully saturated rings. The summed E-state index contributed by atoms with van der Waals surface area (Å²) < 4.78 is 5.59. The van der Waals surface area contributed by atoms with Crippen LogP contribution >= 0.6 is 23.4 Å². The first kappa shape index (κ1) is 21.5. The second kappa shape index (κ2) is 8.44. The van der Waals surface area contributed by atoms with Crippen LogP contribution in [0.15, 0.2) is 29.2 Å². The minimum atomic E-state index is -1.31. The first-order valence-electron chi connectivity index (χ1n) is 8.66. The Balaban J connectivity index is 2.10. The molecule has 0 aliphatic carbocycles. The molecule has 27 heavy (non-hydrogen) atoms. The van der Waals surface area contributed by atoms with Crippen LogP contribution in [-0.2, 0) is 11.2 Å². The summed E-state index contributed by atoms with van der Waals surface area (Å²) in [6.07, 6.45) is 0.715. The number of hydrogen-bond donors (Lipinski definition) is 2. The lowest BCUT2D eigenvalue weighted by Crippen LogP contribution is -2.37. The number of carboxylic acids is 1. The predicted molar refractivity (Wildman–Crippen MR) is 111 cm³/mol. The molecule has 2 aromatic carbocycles. The van der Waals surface area contributed by atoms with Crippen LogP contribution in [0.1, 0.15) is 36.1 Å². The van der Waals surface area contributed by atoms with Crippen molar-refractivity contribution < 1.29 is 19.7 Å². The zero-order chi connectivity index (χ0) is 20.4. The molecule has 0 radical (unpaired) electrons. The molecule has 2 N–H and O–H groups in total. The van der Waals surface area contributed by atoms with E-state index in [1.165, 1.54) is 13.8 Å². The van der Waals surface area contributed by atoms with Gasteiger partial charge in [0.1, 0.15) is 11.5 Å². The quantitative estimate of drug-likeness (QED) is 0.588. The second-order valence-electron chi connectivity index (χ2n) is 7.06. The third-order valence-corrected chi connectivity index (χ3v) is 6.05. The normalized spacial score (nSPS) is 11.5. The molecular weight excluding hydrogens is 384 g/mol. The number of thioether (sulfide) groups is 1. The predicted octanol–water partition coefficient (Wildman–Crippen LogP) is 5.55. The monoisotopic (exact) mass is 408 g/mol. The number of halogens is 1. The number of aliphatic carboxylic acids is 1. The maximum Gasteiger partial charge on any atom is 0.347 e. The van der Waals surface area contributed by atoms with Crippen molar-refractivity contribution in [1.29, 1.82) is 0 Å². The molecule has 0 spiro atoms. The summed E-state index contributed by atoms with van der Waals surface area (Å²) in [5.41, 5.74) is 2.45. The molecule has 4 nitrogen and oxygen atoms in total. The fraction of sp³-hybridized carbons (Fsp3) is 0.381. The van der Waals surface area contributed by atoms with Gasteiger partial charge in [-0.1, -0.05) is 11.6 Å². The summed E-state index contributed by atoms with van der Waals surface area (Å²) >= 11 is 8.01. The van der Waals surface area contributed by atoms with Crippen LogP contribution in [0.3, 0.4) is 0 Å². The number of phenolic OH excluding ortho intramolecular Hbond substituents is 1. The summed E-state index contributed by atoms with van der Waals surface area (Å²) in [6, 6.07) is 7.21. The third kappa shape index (κ3) is 5.11. The van der Waals surface area contributed by atoms with E-state index in [2.05, 4.69) is 0 Å². The van der Waals surface area contributed by atoms with Crippen molar-refractivity contribution in [2.75, 3.05) is 5.75 Å². The Bertz CT molecular complexity index is 862. The topological polar surface area (TPSA) is 66.8 Å². The van der Waals surface area contributed by atoms with E-state index in [-0.39, 0.29) is 0 Å². The van der Waals surface area contributed by atoms with Gasteiger partial charge in [-0.05, 0) is 87.6 Å². The minimum Gasteiger partial charge on any atom is -0.507 e. The molecule has 0 heterocycles. The van der Waals surface area contributed by atoms with Gasteiger partial charge in [-0.25, -0.2) is 4.79 Å². The Morgan fingerprint density at radius 2 is 1.85 bits per heavy atom. The van der Waals surface area contributed by atoms with E-state index in [9.17, 15) is 15.0 Å². The SMILES string of the molecule is Cc1cc(SCCc2cc(OC(C)(C)C(=O)O)ccc2Cl)c(C)c(C)c1O. The summed E-state index contributed by atoms with van der Waals surface area (Å²) in [6.45, 7) is 8.85. The van der Waals surface area contributed by atoms with E-state index < -0.39 is 11.6 Å². The number of carboxylic acid groups (broad SMARTS) is 1. The van der Waals surface area contributed by atoms with Crippen LogP contribution in [0.5, 0.6) is 11.5 Å². The first-order chi connectivity index (χ1) is 12.5. The highest BCUT2D eigenvalue weighted by atomic mass is 35.5. The molecule has 2 rings (SSSR count). The molecule has 0 saturated heterocycles. The smallest absolute Gasteiger partial charge is 0.347 e. The van der Waals surface area contributed by atoms with Crippen LogP contribution < -0.4 is 4.74 Å². The summed E-state index contributed by atoms with van der Waals surface area (Å²) in [5, 5.41) is 19.9. The Kier molecular flexibility index (Phi) is 6.71. The van der Waals surface area contributed by atoms with Gasteiger partial charge >= 0.3 is 5.97 Å². The molecular formula is C21H25ClO4S. The van der Waals surface area contributed by atoms with E-state index in [1.807, 2.05) is 26.8 Å². The lowest BCUT2D eigenvalue weighted by molar-refractivity contribution is -0.152. The molecule has 0 unspecified atom stereocenters. The van der Waals surface area contributed by atoms with Gasteiger partial charge in [0.25, 0.3) is 0 Å². The average molecular weight is 409 g/mol. The summed E-state index contributed by atoms with van der Waals surface area (Å²) in [5.74, 6) is 0.615. The minimum absolute atomic E-state index is 0.353. The zero-order valence-electron chi connectivity index (χ0n) is 16.2. The molecule has 0 bridgehead atoms. The summed E-state index contributed by atoms with van der Waals surface area (Å²) in [7, 11) is 0. The van der Waals surface area contributed by atoms with Crippen molar-refractivity contribution in [1.82, 2.24) is 0 Å². The van der Waals surface area contributed by atoms with Crippen LogP contribution in [0.2, 0.25) is 5.02 Å². The van der Waals surface area contributed by atoms with Crippen molar-refractivity contribution >= 4 is 29.3 Å². The lowest BCUT2D eigenvalue weighted by atomic mass is 10.1. The Hall–Kier alpha value is -1.85. The molecule has 0 aliphatic heterocycles. The fourth-order valence-electron chi connectivity index (χ4n) is 2.60. The highest BCUT2D eigenvalue weighted by Gasteiger charge is 2.29. The number of carbonyl (C=O) groups is 1. The number of ether oxygens (including phenoxy) is 1. The first-order valence-corrected chi connectivity index (χ1v) is 10.0. The van der Waals surface area contributed by atoms with Gasteiger partial charge in [-0.2, -0.15) is 0 Å². The highest BCUT2D eigenvalue weighted by Crippen LogP contribution is 2.34. The van der Waals surface area contributed by atoms with Gasteiger partial charge in [0.05, 0.1) is 0 Å². The number of aromatic hydroxyl groups is 1. The molecule has 0 aromatic heterocycles. The van der Waals surface area contributed by atoms with Gasteiger partial charge in [0.15, 0.2) is 5.60 Å². The van der Waals surface area contributed by atoms with E-state index in [4.69, 9.17) is 16.3 Å². The highest BCUT2D eigenvalue weighted by molar-refractivity contribution is 7.99. The Morgan fingerprint density at radius 3 is 2.48 bits per heavy atom. The van der Waals surface area contributed by atoms with Crippen LogP contribution in [0.4, 0.5) is 0 Å². The molecule has 0 aliphatic rings. The zero-order valence-corrected chi connectivity index (χ0v) is 17.8. The van der Waals surface area contributed by atoms with Crippen molar-refractivity contribution in [2.45, 2.75) is 51.5 Å². The van der Waals surface area contributed by atoms with Crippen molar-refractivity contribution in [3.63, 3.8) is 0 Å². The number of hydrogen-bond acceptors (Lipinski definition) is 4. The fourth-order valence-corrected chi connectivity index (χ4v) is 3.98. The number of rotatable bonds is 7. The number of phenols is 1. The van der Waals surface area contributed by atoms with Gasteiger partial charge in [-0.15, -0.1) is 11.8 Å². The van der Waals surface area contributed by atoms with E-state index >= 15 is 0 Å². The standard InChI is InChI=1S/C21H25ClO4S/c1-12-10-18(13(2)14(3)19(12)23)27-9-8-15-11-16(6-7-17(15)22)26-21(4,5)20(24)25/h6-7,10-11,23H,8-9H2,1-5H3,(H,24,25). The van der Waals surface area contributed by atoms with Crippen LogP contribution in [-0.4, -0.2) is 27.5 Å². The van der Waals surface area contributed by atoms with Gasteiger partial charge in [-0.3, -0.25) is 0 Å². The molecule has 6 heteroatoms. The molecule has 0 amide bonds.